The van der Waals surface area contributed by atoms with Gasteiger partial charge in [-0.25, -0.2) is 13.1 Å². The molecule has 2 aromatic rings. The van der Waals surface area contributed by atoms with E-state index in [1.54, 1.807) is 13.8 Å². The van der Waals surface area contributed by atoms with Crippen molar-refractivity contribution >= 4 is 21.6 Å². The highest BCUT2D eigenvalue weighted by atomic mass is 32.2. The highest BCUT2D eigenvalue weighted by molar-refractivity contribution is 7.89. The van der Waals surface area contributed by atoms with E-state index in [4.69, 9.17) is 0 Å². The van der Waals surface area contributed by atoms with Crippen molar-refractivity contribution in [1.29, 1.82) is 0 Å². The summed E-state index contributed by atoms with van der Waals surface area (Å²) in [5.41, 5.74) is 5.06. The first-order valence-electron chi connectivity index (χ1n) is 8.99. The zero-order valence-corrected chi connectivity index (χ0v) is 17.6. The van der Waals surface area contributed by atoms with E-state index >= 15 is 0 Å². The Bertz CT molecular complexity index is 940. The zero-order chi connectivity index (χ0) is 20.4. The Hall–Kier alpha value is -2.18. The number of anilines is 1. The normalized spacial score (nSPS) is 11.7. The molecule has 0 aliphatic carbocycles. The summed E-state index contributed by atoms with van der Waals surface area (Å²) in [6, 6.07) is 9.49. The standard InChI is InChI=1S/C21H28N2O3S/c1-13(2)18-9-7-8-15(4)20(18)23-19(24)12-22-27(25,26)21-16(5)10-14(3)11-17(21)6/h7-11,13,22H,12H2,1-6H3,(H,23,24). The minimum absolute atomic E-state index is 0.236. The van der Waals surface area contributed by atoms with Gasteiger partial charge in [-0.15, -0.1) is 0 Å². The van der Waals surface area contributed by atoms with E-state index in [0.29, 0.717) is 11.1 Å². The van der Waals surface area contributed by atoms with Crippen LogP contribution in [0, 0.1) is 27.7 Å². The van der Waals surface area contributed by atoms with Crippen molar-refractivity contribution in [3.63, 3.8) is 0 Å². The third kappa shape index (κ3) is 4.96. The number of carbonyl (C=O) groups excluding carboxylic acids is 1. The molecule has 27 heavy (non-hydrogen) atoms. The second-order valence-corrected chi connectivity index (χ2v) is 9.00. The fourth-order valence-corrected chi connectivity index (χ4v) is 4.78. The van der Waals surface area contributed by atoms with Crippen LogP contribution in [0.15, 0.2) is 35.2 Å². The molecule has 0 aliphatic rings. The molecule has 6 heteroatoms. The Morgan fingerprint density at radius 1 is 1.00 bits per heavy atom. The average Bonchev–Trinajstić information content (AvgIpc) is 2.53. The number of amides is 1. The van der Waals surface area contributed by atoms with Gasteiger partial charge in [0.15, 0.2) is 0 Å². The summed E-state index contributed by atoms with van der Waals surface area (Å²) in [4.78, 5) is 12.6. The third-order valence-corrected chi connectivity index (χ3v) is 6.19. The van der Waals surface area contributed by atoms with Crippen LogP contribution in [0.25, 0.3) is 0 Å². The maximum Gasteiger partial charge on any atom is 0.241 e. The van der Waals surface area contributed by atoms with E-state index in [0.717, 1.165) is 22.4 Å². The number of sulfonamides is 1. The molecule has 0 heterocycles. The van der Waals surface area contributed by atoms with Crippen molar-refractivity contribution in [2.75, 3.05) is 11.9 Å². The molecule has 0 aliphatic heterocycles. The molecule has 5 nitrogen and oxygen atoms in total. The topological polar surface area (TPSA) is 75.3 Å². The van der Waals surface area contributed by atoms with E-state index < -0.39 is 15.9 Å². The predicted molar refractivity (Wildman–Crippen MR) is 110 cm³/mol. The van der Waals surface area contributed by atoms with Crippen LogP contribution >= 0.6 is 0 Å². The van der Waals surface area contributed by atoms with Crippen molar-refractivity contribution in [1.82, 2.24) is 4.72 Å². The quantitative estimate of drug-likeness (QED) is 0.786. The van der Waals surface area contributed by atoms with E-state index in [1.165, 1.54) is 0 Å². The molecule has 0 radical (unpaired) electrons. The number of rotatable bonds is 6. The van der Waals surface area contributed by atoms with Crippen molar-refractivity contribution in [3.05, 3.63) is 58.1 Å². The van der Waals surface area contributed by atoms with Gasteiger partial charge in [-0.2, -0.15) is 0 Å². The maximum absolute atomic E-state index is 12.7. The van der Waals surface area contributed by atoms with E-state index in [1.807, 2.05) is 44.2 Å². The number of aryl methyl sites for hydroxylation is 4. The van der Waals surface area contributed by atoms with Gasteiger partial charge in [-0.3, -0.25) is 4.79 Å². The van der Waals surface area contributed by atoms with Gasteiger partial charge in [0.05, 0.1) is 11.4 Å². The van der Waals surface area contributed by atoms with Gasteiger partial charge < -0.3 is 5.32 Å². The van der Waals surface area contributed by atoms with Gasteiger partial charge in [0, 0.05) is 5.69 Å². The smallest absolute Gasteiger partial charge is 0.241 e. The highest BCUT2D eigenvalue weighted by Gasteiger charge is 2.21. The van der Waals surface area contributed by atoms with Crippen LogP contribution in [0.3, 0.4) is 0 Å². The van der Waals surface area contributed by atoms with Crippen molar-refractivity contribution in [2.45, 2.75) is 52.4 Å². The third-order valence-electron chi connectivity index (χ3n) is 4.49. The van der Waals surface area contributed by atoms with Crippen LogP contribution in [0.2, 0.25) is 0 Å². The number of hydrogen-bond acceptors (Lipinski definition) is 3. The van der Waals surface area contributed by atoms with Crippen molar-refractivity contribution < 1.29 is 13.2 Å². The lowest BCUT2D eigenvalue weighted by Crippen LogP contribution is -2.34. The molecule has 0 saturated heterocycles. The lowest BCUT2D eigenvalue weighted by molar-refractivity contribution is -0.115. The van der Waals surface area contributed by atoms with Crippen LogP contribution in [0.1, 0.15) is 47.6 Å². The first-order chi connectivity index (χ1) is 12.5. The number of nitrogens with one attached hydrogen (secondary N) is 2. The second-order valence-electron chi connectivity index (χ2n) is 7.29. The molecule has 1 amide bonds. The van der Waals surface area contributed by atoms with Crippen LogP contribution in [-0.4, -0.2) is 20.9 Å². The Balaban J connectivity index is 2.17. The largest absolute Gasteiger partial charge is 0.324 e. The van der Waals surface area contributed by atoms with E-state index in [9.17, 15) is 13.2 Å². The molecule has 2 aromatic carbocycles. The van der Waals surface area contributed by atoms with E-state index in [-0.39, 0.29) is 17.4 Å². The molecule has 0 atom stereocenters. The molecular formula is C21H28N2O3S. The van der Waals surface area contributed by atoms with Gasteiger partial charge in [0.1, 0.15) is 0 Å². The van der Waals surface area contributed by atoms with Gasteiger partial charge in [-0.05, 0) is 55.9 Å². The van der Waals surface area contributed by atoms with Gasteiger partial charge in [-0.1, -0.05) is 49.7 Å². The number of carbonyl (C=O) groups is 1. The highest BCUT2D eigenvalue weighted by Crippen LogP contribution is 2.27. The summed E-state index contributed by atoms with van der Waals surface area (Å²) in [7, 11) is -3.77. The number of para-hydroxylation sites is 1. The van der Waals surface area contributed by atoms with Gasteiger partial charge >= 0.3 is 0 Å². The van der Waals surface area contributed by atoms with E-state index in [2.05, 4.69) is 23.9 Å². The Morgan fingerprint density at radius 3 is 2.15 bits per heavy atom. The number of benzene rings is 2. The Morgan fingerprint density at radius 2 is 1.59 bits per heavy atom. The second kappa shape index (κ2) is 8.23. The molecular weight excluding hydrogens is 360 g/mol. The lowest BCUT2D eigenvalue weighted by Gasteiger charge is -2.17. The van der Waals surface area contributed by atoms with Crippen LogP contribution in [0.5, 0.6) is 0 Å². The summed E-state index contributed by atoms with van der Waals surface area (Å²) in [5.74, 6) is -0.146. The molecule has 0 aromatic heterocycles. The Kier molecular flexibility index (Phi) is 6.44. The molecule has 0 spiro atoms. The van der Waals surface area contributed by atoms with Crippen molar-refractivity contribution in [3.8, 4) is 0 Å². The lowest BCUT2D eigenvalue weighted by atomic mass is 9.98. The summed E-state index contributed by atoms with van der Waals surface area (Å²) < 4.78 is 27.8. The minimum Gasteiger partial charge on any atom is -0.324 e. The fourth-order valence-electron chi connectivity index (χ4n) is 3.35. The molecule has 2 rings (SSSR count). The van der Waals surface area contributed by atoms with Gasteiger partial charge in [0.25, 0.3) is 0 Å². The first-order valence-corrected chi connectivity index (χ1v) is 10.5. The van der Waals surface area contributed by atoms with Gasteiger partial charge in [0.2, 0.25) is 15.9 Å². The first kappa shape index (κ1) is 21.1. The van der Waals surface area contributed by atoms with Crippen LogP contribution in [-0.2, 0) is 14.8 Å². The monoisotopic (exact) mass is 388 g/mol. The molecule has 146 valence electrons. The van der Waals surface area contributed by atoms with Crippen molar-refractivity contribution in [2.24, 2.45) is 0 Å². The van der Waals surface area contributed by atoms with Crippen LogP contribution < -0.4 is 10.0 Å². The summed E-state index contributed by atoms with van der Waals surface area (Å²) in [6.07, 6.45) is 0. The maximum atomic E-state index is 12.7. The molecule has 0 saturated carbocycles. The zero-order valence-electron chi connectivity index (χ0n) is 16.8. The Labute approximate surface area is 162 Å². The fraction of sp³-hybridized carbons (Fsp3) is 0.381. The molecule has 0 fully saturated rings. The summed E-state index contributed by atoms with van der Waals surface area (Å²) in [6.45, 7) is 11.2. The SMILES string of the molecule is Cc1cc(C)c(S(=O)(=O)NCC(=O)Nc2c(C)cccc2C(C)C)c(C)c1. The average molecular weight is 389 g/mol. The summed E-state index contributed by atoms with van der Waals surface area (Å²) in [5, 5.41) is 2.86. The predicted octanol–water partition coefficient (Wildman–Crippen LogP) is 3.96. The molecule has 2 N–H and O–H groups in total. The molecule has 0 unspecified atom stereocenters. The van der Waals surface area contributed by atoms with Crippen LogP contribution in [0.4, 0.5) is 5.69 Å². The molecule has 0 bridgehead atoms. The minimum atomic E-state index is -3.77. The summed E-state index contributed by atoms with van der Waals surface area (Å²) >= 11 is 0. The number of hydrogen-bond donors (Lipinski definition) is 2.